The van der Waals surface area contributed by atoms with Gasteiger partial charge in [-0.3, -0.25) is 0 Å². The van der Waals surface area contributed by atoms with Crippen LogP contribution in [0.2, 0.25) is 5.02 Å². The van der Waals surface area contributed by atoms with Crippen LogP contribution in [-0.4, -0.2) is 32.5 Å². The summed E-state index contributed by atoms with van der Waals surface area (Å²) in [6.45, 7) is 1.21. The van der Waals surface area contributed by atoms with E-state index in [0.717, 1.165) is 23.9 Å². The maximum Gasteiger partial charge on any atom is 0.209 e. The number of nitrogens with zero attached hydrogens (tertiary/aromatic N) is 4. The highest BCUT2D eigenvalue weighted by Crippen LogP contribution is 2.18. The van der Waals surface area contributed by atoms with Gasteiger partial charge in [0, 0.05) is 29.9 Å². The molecule has 0 bridgehead atoms. The van der Waals surface area contributed by atoms with E-state index in [1.54, 1.807) is 35.6 Å². The molecule has 0 aliphatic heterocycles. The van der Waals surface area contributed by atoms with E-state index in [9.17, 15) is 4.39 Å². The van der Waals surface area contributed by atoms with E-state index in [-0.39, 0.29) is 5.82 Å². The smallest absolute Gasteiger partial charge is 0.209 e. The Balaban J connectivity index is 1.66. The molecule has 0 atom stereocenters. The van der Waals surface area contributed by atoms with Gasteiger partial charge in [0.15, 0.2) is 0 Å². The van der Waals surface area contributed by atoms with E-state index in [1.807, 2.05) is 0 Å². The third-order valence-corrected chi connectivity index (χ3v) is 4.12. The summed E-state index contributed by atoms with van der Waals surface area (Å²) in [5.41, 5.74) is 0.513. The van der Waals surface area contributed by atoms with Crippen molar-refractivity contribution in [2.75, 3.05) is 12.3 Å². The van der Waals surface area contributed by atoms with Crippen LogP contribution >= 0.6 is 23.4 Å². The molecule has 0 spiro atoms. The Morgan fingerprint density at radius 3 is 3.00 bits per heavy atom. The Morgan fingerprint density at radius 2 is 2.30 bits per heavy atom. The molecule has 0 saturated carbocycles. The maximum absolute atomic E-state index is 13.5. The first kappa shape index (κ1) is 15.2. The zero-order valence-electron chi connectivity index (χ0n) is 11.0. The van der Waals surface area contributed by atoms with E-state index in [1.165, 1.54) is 6.07 Å². The molecule has 2 aromatic rings. The van der Waals surface area contributed by atoms with Gasteiger partial charge in [-0.2, -0.15) is 0 Å². The predicted octanol–water partition coefficient (Wildman–Crippen LogP) is 2.27. The Kier molecular flexibility index (Phi) is 5.75. The third kappa shape index (κ3) is 4.16. The molecule has 1 heterocycles. The van der Waals surface area contributed by atoms with Gasteiger partial charge in [0.05, 0.1) is 0 Å². The summed E-state index contributed by atoms with van der Waals surface area (Å²) in [5.74, 6) is 0.621. The Morgan fingerprint density at radius 1 is 1.45 bits per heavy atom. The Bertz CT molecular complexity index is 542. The summed E-state index contributed by atoms with van der Waals surface area (Å²) >= 11 is 7.54. The van der Waals surface area contributed by atoms with Crippen LogP contribution in [0.3, 0.4) is 0 Å². The monoisotopic (exact) mass is 315 g/mol. The molecule has 0 unspecified atom stereocenters. The third-order valence-electron chi connectivity index (χ3n) is 2.67. The van der Waals surface area contributed by atoms with E-state index < -0.39 is 0 Å². The highest BCUT2D eigenvalue weighted by atomic mass is 35.5. The van der Waals surface area contributed by atoms with Crippen LogP contribution in [0.4, 0.5) is 4.39 Å². The van der Waals surface area contributed by atoms with Gasteiger partial charge in [-0.1, -0.05) is 29.4 Å². The van der Waals surface area contributed by atoms with Gasteiger partial charge in [0.2, 0.25) is 5.16 Å². The quantitative estimate of drug-likeness (QED) is 0.627. The molecule has 2 rings (SSSR count). The molecule has 0 fully saturated rings. The number of thioether (sulfide) groups is 1. The molecule has 8 heteroatoms. The summed E-state index contributed by atoms with van der Waals surface area (Å²) in [6, 6.07) is 4.71. The molecule has 0 aliphatic rings. The SMILES string of the molecule is Cn1nnnc1SCCCNCc1c(F)cccc1Cl. The minimum atomic E-state index is -0.274. The molecule has 1 N–H and O–H groups in total. The number of aromatic nitrogens is 4. The number of aryl methyl sites for hydroxylation is 1. The van der Waals surface area contributed by atoms with Crippen molar-refractivity contribution in [1.82, 2.24) is 25.5 Å². The van der Waals surface area contributed by atoms with Gasteiger partial charge < -0.3 is 5.32 Å². The van der Waals surface area contributed by atoms with E-state index >= 15 is 0 Å². The highest BCUT2D eigenvalue weighted by Gasteiger charge is 2.06. The van der Waals surface area contributed by atoms with Gasteiger partial charge in [-0.05, 0) is 35.5 Å². The molecule has 1 aromatic carbocycles. The lowest BCUT2D eigenvalue weighted by molar-refractivity contribution is 0.587. The lowest BCUT2D eigenvalue weighted by Gasteiger charge is -2.07. The number of nitrogens with one attached hydrogen (secondary N) is 1. The molecule has 0 radical (unpaired) electrons. The average Bonchev–Trinajstić information content (AvgIpc) is 2.82. The van der Waals surface area contributed by atoms with E-state index in [4.69, 9.17) is 11.6 Å². The Hall–Kier alpha value is -1.18. The van der Waals surface area contributed by atoms with Crippen molar-refractivity contribution < 1.29 is 4.39 Å². The van der Waals surface area contributed by atoms with Gasteiger partial charge in [-0.15, -0.1) is 5.10 Å². The molecule has 5 nitrogen and oxygen atoms in total. The minimum Gasteiger partial charge on any atom is -0.312 e. The molecule has 108 valence electrons. The lowest BCUT2D eigenvalue weighted by Crippen LogP contribution is -2.16. The second kappa shape index (κ2) is 7.56. The fourth-order valence-corrected chi connectivity index (χ4v) is 2.64. The first-order valence-electron chi connectivity index (χ1n) is 6.17. The normalized spacial score (nSPS) is 10.9. The van der Waals surface area contributed by atoms with Crippen LogP contribution in [0.5, 0.6) is 0 Å². The molecule has 0 aliphatic carbocycles. The molecule has 0 saturated heterocycles. The standard InChI is InChI=1S/C12H15ClFN5S/c1-19-12(16-17-18-19)20-7-3-6-15-8-9-10(13)4-2-5-11(9)14/h2,4-5,15H,3,6-8H2,1H3. The van der Waals surface area contributed by atoms with Crippen molar-refractivity contribution in [2.45, 2.75) is 18.1 Å². The summed E-state index contributed by atoms with van der Waals surface area (Å²) in [5, 5.41) is 15.6. The highest BCUT2D eigenvalue weighted by molar-refractivity contribution is 7.99. The molecule has 1 aromatic heterocycles. The summed E-state index contributed by atoms with van der Waals surface area (Å²) < 4.78 is 15.1. The second-order valence-electron chi connectivity index (χ2n) is 4.16. The molecule has 20 heavy (non-hydrogen) atoms. The van der Waals surface area contributed by atoms with Crippen LogP contribution in [0.25, 0.3) is 0 Å². The van der Waals surface area contributed by atoms with Crippen LogP contribution in [0.15, 0.2) is 23.4 Å². The second-order valence-corrected chi connectivity index (χ2v) is 5.63. The van der Waals surface area contributed by atoms with Crippen molar-refractivity contribution >= 4 is 23.4 Å². The number of benzene rings is 1. The lowest BCUT2D eigenvalue weighted by atomic mass is 10.2. The number of hydrogen-bond donors (Lipinski definition) is 1. The fourth-order valence-electron chi connectivity index (χ4n) is 1.62. The topological polar surface area (TPSA) is 55.6 Å². The van der Waals surface area contributed by atoms with Crippen LogP contribution in [-0.2, 0) is 13.6 Å². The van der Waals surface area contributed by atoms with Gasteiger partial charge in [0.25, 0.3) is 0 Å². The molecule has 0 amide bonds. The molecular weight excluding hydrogens is 301 g/mol. The largest absolute Gasteiger partial charge is 0.312 e. The van der Waals surface area contributed by atoms with E-state index in [2.05, 4.69) is 20.8 Å². The summed E-state index contributed by atoms with van der Waals surface area (Å²) in [7, 11) is 1.81. The number of halogens is 2. The van der Waals surface area contributed by atoms with Crippen molar-refractivity contribution in [3.05, 3.63) is 34.6 Å². The van der Waals surface area contributed by atoms with Gasteiger partial charge in [0.1, 0.15) is 5.82 Å². The zero-order chi connectivity index (χ0) is 14.4. The van der Waals surface area contributed by atoms with Crippen molar-refractivity contribution in [3.8, 4) is 0 Å². The van der Waals surface area contributed by atoms with Crippen LogP contribution in [0.1, 0.15) is 12.0 Å². The number of tetrazole rings is 1. The maximum atomic E-state index is 13.5. The average molecular weight is 316 g/mol. The van der Waals surface area contributed by atoms with Crippen molar-refractivity contribution in [3.63, 3.8) is 0 Å². The van der Waals surface area contributed by atoms with Gasteiger partial charge in [-0.25, -0.2) is 9.07 Å². The van der Waals surface area contributed by atoms with Crippen molar-refractivity contribution in [1.29, 1.82) is 0 Å². The number of rotatable bonds is 7. The first-order chi connectivity index (χ1) is 9.68. The summed E-state index contributed by atoms with van der Waals surface area (Å²) in [6.07, 6.45) is 0.934. The van der Waals surface area contributed by atoms with Crippen LogP contribution < -0.4 is 5.32 Å². The summed E-state index contributed by atoms with van der Waals surface area (Å²) in [4.78, 5) is 0. The van der Waals surface area contributed by atoms with E-state index in [0.29, 0.717) is 17.1 Å². The minimum absolute atomic E-state index is 0.274. The first-order valence-corrected chi connectivity index (χ1v) is 7.53. The fraction of sp³-hybridized carbons (Fsp3) is 0.417. The number of hydrogen-bond acceptors (Lipinski definition) is 5. The molecular formula is C12H15ClFN5S. The van der Waals surface area contributed by atoms with Gasteiger partial charge >= 0.3 is 0 Å². The van der Waals surface area contributed by atoms with Crippen LogP contribution in [0, 0.1) is 5.82 Å². The zero-order valence-corrected chi connectivity index (χ0v) is 12.6. The van der Waals surface area contributed by atoms with Crippen molar-refractivity contribution in [2.24, 2.45) is 7.05 Å². The Labute approximate surface area is 125 Å². The predicted molar refractivity (Wildman–Crippen MR) is 77.3 cm³/mol.